The van der Waals surface area contributed by atoms with Gasteiger partial charge < -0.3 is 74.7 Å². The molecule has 0 aromatic rings. The molecule has 3 heterocycles. The number of aliphatic hydroxyl groups is 12. The van der Waals surface area contributed by atoms with Crippen LogP contribution in [0.1, 0.15) is 45.4 Å². The molecule has 5 fully saturated rings. The van der Waals surface area contributed by atoms with Crippen LogP contribution in [0.4, 0.5) is 0 Å². The summed E-state index contributed by atoms with van der Waals surface area (Å²) < 4.78 is 28.0. The summed E-state index contributed by atoms with van der Waals surface area (Å²) in [5.74, 6) is -0.535. The zero-order chi connectivity index (χ0) is 30.5. The first-order valence-electron chi connectivity index (χ1n) is 14.9. The zero-order valence-electron chi connectivity index (χ0n) is 23.5. The molecule has 244 valence electrons. The molecule has 9 unspecified atom stereocenters. The van der Waals surface area contributed by atoms with Gasteiger partial charge in [-0.25, -0.2) is 0 Å². The van der Waals surface area contributed by atoms with E-state index in [2.05, 4.69) is 0 Å². The summed E-state index contributed by atoms with van der Waals surface area (Å²) in [7, 11) is 0. The Morgan fingerprint density at radius 3 is 2.07 bits per heavy atom. The van der Waals surface area contributed by atoms with Crippen molar-refractivity contribution in [2.75, 3.05) is 6.61 Å². The fourth-order valence-corrected chi connectivity index (χ4v) is 7.18. The molecule has 11 N–H and O–H groups in total. The Kier molecular flexibility index (Phi) is 10.5. The molecule has 2 aliphatic carbocycles. The first kappa shape index (κ1) is 32.8. The second-order valence-electron chi connectivity index (χ2n) is 12.7. The second-order valence-corrected chi connectivity index (χ2v) is 12.7. The van der Waals surface area contributed by atoms with Crippen LogP contribution in [-0.2, 0) is 18.9 Å². The molecule has 5 rings (SSSR count). The molecule has 15 heteroatoms. The molecular weight excluding hydrogens is 564 g/mol. The van der Waals surface area contributed by atoms with Gasteiger partial charge in [0.05, 0.1) is 43.0 Å². The van der Waals surface area contributed by atoms with Crippen molar-refractivity contribution in [1.82, 2.24) is 0 Å². The maximum absolute atomic E-state index is 10.8. The van der Waals surface area contributed by atoms with Gasteiger partial charge in [0.2, 0.25) is 0 Å². The minimum Gasteiger partial charge on any atom is -0.427 e. The zero-order valence-corrected chi connectivity index (χ0v) is 23.5. The van der Waals surface area contributed by atoms with E-state index in [1.54, 1.807) is 0 Å². The van der Waals surface area contributed by atoms with Crippen LogP contribution in [0.2, 0.25) is 0 Å². The van der Waals surface area contributed by atoms with E-state index in [1.165, 1.54) is 6.92 Å². The van der Waals surface area contributed by atoms with Crippen molar-refractivity contribution in [3.63, 3.8) is 0 Å². The van der Waals surface area contributed by atoms with Crippen molar-refractivity contribution in [3.05, 3.63) is 0 Å². The van der Waals surface area contributed by atoms with E-state index >= 15 is 0 Å². The van der Waals surface area contributed by atoms with Gasteiger partial charge in [-0.1, -0.05) is 0 Å². The number of ether oxygens (including phenoxy) is 5. The minimum absolute atomic E-state index is 0.189. The average molecular weight is 612 g/mol. The SMILES string of the molecule is C[C@H]1O[C@H](OC[C@H]2O[C@@H](OC3CC4C(O)CC(O)CC4[OH+]C3C3CCC(O)C(O)C3)[C@H](O)[C@@H](O)[C@@H]2O)[C@@H](O)[C@@H](O)[C@@H]1O. The van der Waals surface area contributed by atoms with Gasteiger partial charge in [0.1, 0.15) is 48.8 Å². The molecule has 15 nitrogen and oxygen atoms in total. The van der Waals surface area contributed by atoms with Crippen molar-refractivity contribution in [2.24, 2.45) is 11.8 Å². The molecule has 0 radical (unpaired) electrons. The van der Waals surface area contributed by atoms with E-state index < -0.39 is 105 Å². The number of fused-ring (bicyclic) bond motifs is 1. The lowest BCUT2D eigenvalue weighted by Crippen LogP contribution is -2.63. The Balaban J connectivity index is 1.29. The summed E-state index contributed by atoms with van der Waals surface area (Å²) in [4.78, 5) is 0. The molecule has 2 saturated carbocycles. The Bertz CT molecular complexity index is 882. The van der Waals surface area contributed by atoms with E-state index in [9.17, 15) is 51.1 Å². The molecule has 0 aromatic carbocycles. The van der Waals surface area contributed by atoms with E-state index in [-0.39, 0.29) is 30.8 Å². The van der Waals surface area contributed by atoms with E-state index in [4.69, 9.17) is 23.7 Å². The Morgan fingerprint density at radius 2 is 1.36 bits per heavy atom. The van der Waals surface area contributed by atoms with Gasteiger partial charge in [-0.2, -0.15) is 0 Å². The summed E-state index contributed by atoms with van der Waals surface area (Å²) in [6, 6.07) is 0. The van der Waals surface area contributed by atoms with E-state index in [1.807, 2.05) is 0 Å². The summed E-state index contributed by atoms with van der Waals surface area (Å²) in [6.45, 7) is 1.05. The van der Waals surface area contributed by atoms with Crippen LogP contribution >= 0.6 is 0 Å². The van der Waals surface area contributed by atoms with Gasteiger partial charge in [-0.3, -0.25) is 0 Å². The van der Waals surface area contributed by atoms with Crippen LogP contribution in [0.15, 0.2) is 0 Å². The highest BCUT2D eigenvalue weighted by atomic mass is 16.7. The summed E-state index contributed by atoms with van der Waals surface area (Å²) >= 11 is 0. The number of aliphatic hydroxyl groups excluding tert-OH is 10. The topological polar surface area (TPSA) is 252 Å². The van der Waals surface area contributed by atoms with Crippen molar-refractivity contribution >= 4 is 0 Å². The predicted molar refractivity (Wildman–Crippen MR) is 138 cm³/mol. The third-order valence-electron chi connectivity index (χ3n) is 9.78. The van der Waals surface area contributed by atoms with Crippen LogP contribution in [-0.4, -0.2) is 167 Å². The first-order chi connectivity index (χ1) is 19.8. The van der Waals surface area contributed by atoms with Gasteiger partial charge in [-0.15, -0.1) is 0 Å². The molecule has 3 aliphatic heterocycles. The van der Waals surface area contributed by atoms with Crippen molar-refractivity contribution < 1.29 is 74.7 Å². The van der Waals surface area contributed by atoms with Crippen LogP contribution in [0, 0.1) is 11.8 Å². The average Bonchev–Trinajstić information content (AvgIpc) is 2.95. The molecule has 0 amide bonds. The highest BCUT2D eigenvalue weighted by Gasteiger charge is 2.55. The predicted octanol–water partition coefficient (Wildman–Crippen LogP) is -4.65. The summed E-state index contributed by atoms with van der Waals surface area (Å²) in [5, 5.41) is 104. The molecular formula is C27H47O15+. The number of rotatable bonds is 6. The van der Waals surface area contributed by atoms with E-state index in [0.29, 0.717) is 25.7 Å². The fraction of sp³-hybridized carbons (Fsp3) is 1.00. The third kappa shape index (κ3) is 6.66. The largest absolute Gasteiger partial charge is 0.427 e. The van der Waals surface area contributed by atoms with Crippen LogP contribution in [0.25, 0.3) is 0 Å². The monoisotopic (exact) mass is 611 g/mol. The molecule has 3 saturated heterocycles. The fourth-order valence-electron chi connectivity index (χ4n) is 7.18. The Morgan fingerprint density at radius 1 is 0.667 bits per heavy atom. The van der Waals surface area contributed by atoms with Gasteiger partial charge in [0.15, 0.2) is 24.8 Å². The lowest BCUT2D eigenvalue weighted by molar-refractivity contribution is -0.362. The minimum atomic E-state index is -1.70. The molecule has 19 atom stereocenters. The number of hydrogen-bond acceptors (Lipinski definition) is 14. The van der Waals surface area contributed by atoms with Gasteiger partial charge >= 0.3 is 0 Å². The highest BCUT2D eigenvalue weighted by Crippen LogP contribution is 2.42. The lowest BCUT2D eigenvalue weighted by Gasteiger charge is -2.48. The number of hydrogen-bond donors (Lipinski definition) is 10. The quantitative estimate of drug-likeness (QED) is 0.127. The molecule has 0 bridgehead atoms. The van der Waals surface area contributed by atoms with Crippen molar-refractivity contribution in [2.45, 2.75) is 150 Å². The smallest absolute Gasteiger partial charge is 0.187 e. The lowest BCUT2D eigenvalue weighted by atomic mass is 9.72. The van der Waals surface area contributed by atoms with E-state index in [0.717, 1.165) is 0 Å². The maximum atomic E-state index is 10.8. The molecule has 0 spiro atoms. The van der Waals surface area contributed by atoms with Crippen molar-refractivity contribution in [1.29, 1.82) is 0 Å². The first-order valence-corrected chi connectivity index (χ1v) is 14.9. The summed E-state index contributed by atoms with van der Waals surface area (Å²) in [6.07, 6.45) is -17.3. The summed E-state index contributed by atoms with van der Waals surface area (Å²) in [5.41, 5.74) is 0. The standard InChI is InChI=1S/C27H46O15/c1-9-19(32)21(34)23(36)26(39-9)38-8-18-20(33)22(35)24(37)27(42-18)41-17-7-12-14(30)5-11(28)6-16(12)40-25(17)10-2-3-13(29)15(31)4-10/h9-37H,2-8H2,1H3/p+1/t9-,10?,11?,12?,13?,14?,15?,16?,17?,18-,19-,20-,21+,22+,23+,24-,25?,26+,27-/m1/s1. The Labute approximate surface area is 243 Å². The Hall–Kier alpha value is -0.600. The van der Waals surface area contributed by atoms with Gasteiger partial charge in [0, 0.05) is 18.8 Å². The van der Waals surface area contributed by atoms with Crippen LogP contribution < -0.4 is 0 Å². The maximum Gasteiger partial charge on any atom is 0.187 e. The van der Waals surface area contributed by atoms with Crippen LogP contribution in [0.5, 0.6) is 0 Å². The van der Waals surface area contributed by atoms with Crippen LogP contribution in [0.3, 0.4) is 0 Å². The molecule has 42 heavy (non-hydrogen) atoms. The van der Waals surface area contributed by atoms with Gasteiger partial charge in [0.25, 0.3) is 0 Å². The highest BCUT2D eigenvalue weighted by molar-refractivity contribution is 4.98. The third-order valence-corrected chi connectivity index (χ3v) is 9.78. The van der Waals surface area contributed by atoms with Crippen molar-refractivity contribution in [3.8, 4) is 0 Å². The normalized spacial score (nSPS) is 55.6. The van der Waals surface area contributed by atoms with Gasteiger partial charge in [-0.05, 0) is 32.6 Å². The second kappa shape index (κ2) is 13.4. The molecule has 0 aromatic heterocycles. The molecule has 5 aliphatic rings.